The van der Waals surface area contributed by atoms with Gasteiger partial charge >= 0.3 is 6.03 Å². The lowest BCUT2D eigenvalue weighted by Crippen LogP contribution is -2.41. The van der Waals surface area contributed by atoms with Crippen molar-refractivity contribution in [2.45, 2.75) is 26.6 Å². The molecule has 0 unspecified atom stereocenters. The Morgan fingerprint density at radius 2 is 2.17 bits per heavy atom. The van der Waals surface area contributed by atoms with Gasteiger partial charge in [-0.15, -0.1) is 0 Å². The molecule has 6 nitrogen and oxygen atoms in total. The standard InChI is InChI=1S/C18H24N4O2/c1-2-24-14-16-11-21-9-8-19-17(21)13-22(12-16)18(23)20-10-15-6-4-3-5-7-15/h3-9,16H,2,10-14H2,1H3,(H,20,23)/t16-/m0/s1. The lowest BCUT2D eigenvalue weighted by molar-refractivity contribution is 0.0913. The minimum Gasteiger partial charge on any atom is -0.381 e. The number of ether oxygens (including phenoxy) is 1. The minimum atomic E-state index is -0.0585. The van der Waals surface area contributed by atoms with Crippen molar-refractivity contribution in [1.29, 1.82) is 0 Å². The van der Waals surface area contributed by atoms with Crippen molar-refractivity contribution >= 4 is 6.03 Å². The molecule has 1 N–H and O–H groups in total. The summed E-state index contributed by atoms with van der Waals surface area (Å²) in [4.78, 5) is 18.8. The smallest absolute Gasteiger partial charge is 0.318 e. The van der Waals surface area contributed by atoms with Crippen LogP contribution < -0.4 is 5.32 Å². The summed E-state index contributed by atoms with van der Waals surface area (Å²) in [5, 5.41) is 3.01. The molecule has 0 saturated heterocycles. The van der Waals surface area contributed by atoms with Crippen molar-refractivity contribution in [1.82, 2.24) is 19.8 Å². The summed E-state index contributed by atoms with van der Waals surface area (Å²) >= 11 is 0. The predicted octanol–water partition coefficient (Wildman–Crippen LogP) is 2.26. The fraction of sp³-hybridized carbons (Fsp3) is 0.444. The molecule has 0 fully saturated rings. The van der Waals surface area contributed by atoms with E-state index in [0.717, 1.165) is 17.9 Å². The molecule has 0 spiro atoms. The Bertz CT molecular complexity index is 656. The molecule has 2 aromatic rings. The van der Waals surface area contributed by atoms with Gasteiger partial charge in [-0.25, -0.2) is 9.78 Å². The lowest BCUT2D eigenvalue weighted by Gasteiger charge is -2.24. The summed E-state index contributed by atoms with van der Waals surface area (Å²) in [5.41, 5.74) is 1.09. The van der Waals surface area contributed by atoms with Gasteiger partial charge in [-0.3, -0.25) is 0 Å². The molecule has 0 saturated carbocycles. The summed E-state index contributed by atoms with van der Waals surface area (Å²) in [6, 6.07) is 9.88. The highest BCUT2D eigenvalue weighted by molar-refractivity contribution is 5.74. The number of urea groups is 1. The first-order valence-corrected chi connectivity index (χ1v) is 8.40. The molecule has 0 aliphatic carbocycles. The molecule has 6 heteroatoms. The lowest BCUT2D eigenvalue weighted by atomic mass is 10.1. The maximum absolute atomic E-state index is 12.6. The molecule has 1 aliphatic rings. The summed E-state index contributed by atoms with van der Waals surface area (Å²) in [6.45, 7) is 5.88. The van der Waals surface area contributed by atoms with Gasteiger partial charge in [0.2, 0.25) is 0 Å². The molecule has 2 amide bonds. The first kappa shape index (κ1) is 16.5. The third-order valence-electron chi connectivity index (χ3n) is 4.20. The molecule has 3 rings (SSSR count). The third kappa shape index (κ3) is 4.14. The number of imidazole rings is 1. The van der Waals surface area contributed by atoms with Gasteiger partial charge < -0.3 is 19.5 Å². The predicted molar refractivity (Wildman–Crippen MR) is 91.3 cm³/mol. The van der Waals surface area contributed by atoms with Gasteiger partial charge in [-0.05, 0) is 12.5 Å². The van der Waals surface area contributed by atoms with Crippen LogP contribution in [0, 0.1) is 5.92 Å². The monoisotopic (exact) mass is 328 g/mol. The summed E-state index contributed by atoms with van der Waals surface area (Å²) in [6.07, 6.45) is 3.76. The summed E-state index contributed by atoms with van der Waals surface area (Å²) < 4.78 is 7.70. The maximum Gasteiger partial charge on any atom is 0.318 e. The van der Waals surface area contributed by atoms with Crippen molar-refractivity contribution in [2.24, 2.45) is 5.92 Å². The number of carbonyl (C=O) groups excluding carboxylic acids is 1. The number of carbonyl (C=O) groups is 1. The second-order valence-corrected chi connectivity index (χ2v) is 6.05. The topological polar surface area (TPSA) is 59.4 Å². The number of nitrogens with zero attached hydrogens (tertiary/aromatic N) is 3. The zero-order valence-electron chi connectivity index (χ0n) is 14.0. The third-order valence-corrected chi connectivity index (χ3v) is 4.20. The summed E-state index contributed by atoms with van der Waals surface area (Å²) in [7, 11) is 0. The number of benzene rings is 1. The fourth-order valence-corrected chi connectivity index (χ4v) is 2.97. The number of aromatic nitrogens is 2. The van der Waals surface area contributed by atoms with E-state index in [4.69, 9.17) is 4.74 Å². The molecule has 128 valence electrons. The fourth-order valence-electron chi connectivity index (χ4n) is 2.97. The molecule has 1 aliphatic heterocycles. The Morgan fingerprint density at radius 1 is 1.33 bits per heavy atom. The second-order valence-electron chi connectivity index (χ2n) is 6.05. The SMILES string of the molecule is CCOC[C@@H]1CN(C(=O)NCc2ccccc2)Cc2nccn2C1. The van der Waals surface area contributed by atoms with Gasteiger partial charge in [-0.1, -0.05) is 30.3 Å². The van der Waals surface area contributed by atoms with Crippen molar-refractivity contribution in [2.75, 3.05) is 19.8 Å². The van der Waals surface area contributed by atoms with Crippen LogP contribution in [0.1, 0.15) is 18.3 Å². The maximum atomic E-state index is 12.6. The van der Waals surface area contributed by atoms with Crippen LogP contribution in [0.3, 0.4) is 0 Å². The molecule has 1 atom stereocenters. The zero-order valence-corrected chi connectivity index (χ0v) is 14.0. The Hall–Kier alpha value is -2.34. The van der Waals surface area contributed by atoms with Gasteiger partial charge in [0, 0.05) is 44.6 Å². The number of nitrogens with one attached hydrogen (secondary N) is 1. The Labute approximate surface area is 142 Å². The highest BCUT2D eigenvalue weighted by Gasteiger charge is 2.25. The number of hydrogen-bond acceptors (Lipinski definition) is 3. The van der Waals surface area contributed by atoms with Gasteiger partial charge in [-0.2, -0.15) is 0 Å². The van der Waals surface area contributed by atoms with Crippen LogP contribution in [-0.4, -0.2) is 40.2 Å². The average Bonchev–Trinajstić information content (AvgIpc) is 2.96. The number of amides is 2. The number of fused-ring (bicyclic) bond motifs is 1. The van der Waals surface area contributed by atoms with E-state index in [-0.39, 0.29) is 11.9 Å². The van der Waals surface area contributed by atoms with Crippen LogP contribution >= 0.6 is 0 Å². The minimum absolute atomic E-state index is 0.0585. The Morgan fingerprint density at radius 3 is 2.96 bits per heavy atom. The van der Waals surface area contributed by atoms with Gasteiger partial charge in [0.15, 0.2) is 0 Å². The van der Waals surface area contributed by atoms with E-state index in [0.29, 0.717) is 32.8 Å². The van der Waals surface area contributed by atoms with Crippen LogP contribution in [0.2, 0.25) is 0 Å². The van der Waals surface area contributed by atoms with Crippen molar-refractivity contribution < 1.29 is 9.53 Å². The van der Waals surface area contributed by atoms with Gasteiger partial charge in [0.25, 0.3) is 0 Å². The average molecular weight is 328 g/mol. The van der Waals surface area contributed by atoms with Crippen molar-refractivity contribution in [3.8, 4) is 0 Å². The van der Waals surface area contributed by atoms with Crippen molar-refractivity contribution in [3.05, 3.63) is 54.1 Å². The molecular formula is C18H24N4O2. The van der Waals surface area contributed by atoms with E-state index in [1.165, 1.54) is 0 Å². The number of rotatable bonds is 5. The van der Waals surface area contributed by atoms with Crippen molar-refractivity contribution in [3.63, 3.8) is 0 Å². The van der Waals surface area contributed by atoms with Gasteiger partial charge in [0.05, 0.1) is 13.2 Å². The van der Waals surface area contributed by atoms with Crippen LogP contribution in [0.4, 0.5) is 4.79 Å². The normalized spacial score (nSPS) is 17.2. The van der Waals surface area contributed by atoms with Crippen LogP contribution in [0.25, 0.3) is 0 Å². The molecule has 24 heavy (non-hydrogen) atoms. The molecule has 1 aromatic carbocycles. The summed E-state index contributed by atoms with van der Waals surface area (Å²) in [5.74, 6) is 1.19. The molecule has 2 heterocycles. The van der Waals surface area contributed by atoms with E-state index in [9.17, 15) is 4.79 Å². The Balaban J connectivity index is 1.65. The first-order valence-electron chi connectivity index (χ1n) is 8.40. The van der Waals surface area contributed by atoms with Crippen LogP contribution in [0.15, 0.2) is 42.7 Å². The molecule has 0 bridgehead atoms. The van der Waals surface area contributed by atoms with Crippen LogP contribution in [-0.2, 0) is 24.4 Å². The number of hydrogen-bond donors (Lipinski definition) is 1. The van der Waals surface area contributed by atoms with Gasteiger partial charge in [0.1, 0.15) is 5.82 Å². The molecular weight excluding hydrogens is 304 g/mol. The first-order chi connectivity index (χ1) is 11.8. The highest BCUT2D eigenvalue weighted by atomic mass is 16.5. The molecule has 0 radical (unpaired) electrons. The molecule has 1 aromatic heterocycles. The van der Waals surface area contributed by atoms with E-state index < -0.39 is 0 Å². The second kappa shape index (κ2) is 7.97. The van der Waals surface area contributed by atoms with E-state index in [1.807, 2.05) is 48.4 Å². The Kier molecular flexibility index (Phi) is 5.48. The highest BCUT2D eigenvalue weighted by Crippen LogP contribution is 2.16. The quantitative estimate of drug-likeness (QED) is 0.916. The van der Waals surface area contributed by atoms with E-state index >= 15 is 0 Å². The van der Waals surface area contributed by atoms with Crippen LogP contribution in [0.5, 0.6) is 0 Å². The largest absolute Gasteiger partial charge is 0.381 e. The zero-order chi connectivity index (χ0) is 16.8. The van der Waals surface area contributed by atoms with E-state index in [2.05, 4.69) is 14.9 Å². The van der Waals surface area contributed by atoms with E-state index in [1.54, 1.807) is 6.20 Å².